The summed E-state index contributed by atoms with van der Waals surface area (Å²) in [5.74, 6) is 0. The summed E-state index contributed by atoms with van der Waals surface area (Å²) >= 11 is 1.55. The van der Waals surface area contributed by atoms with Gasteiger partial charge in [-0.2, -0.15) is 12.1 Å². The minimum absolute atomic E-state index is 0. The molecule has 2 heterocycles. The maximum atomic E-state index is 5.27. The predicted molar refractivity (Wildman–Crippen MR) is 43.6 cm³/mol. The first-order valence-corrected chi connectivity index (χ1v) is 3.97. The summed E-state index contributed by atoms with van der Waals surface area (Å²) in [7, 11) is 0. The van der Waals surface area contributed by atoms with Crippen molar-refractivity contribution in [3.05, 3.63) is 22.4 Å². The molecule has 1 saturated heterocycles. The summed E-state index contributed by atoms with van der Waals surface area (Å²) in [5.41, 5.74) is 0. The average Bonchev–Trinajstić information content (AvgIpc) is 2.59. The van der Waals surface area contributed by atoms with Crippen molar-refractivity contribution in [1.29, 1.82) is 0 Å². The van der Waals surface area contributed by atoms with E-state index in [0.717, 1.165) is 4.88 Å². The van der Waals surface area contributed by atoms with E-state index in [2.05, 4.69) is 5.38 Å². The van der Waals surface area contributed by atoms with Gasteiger partial charge < -0.3 is 26.5 Å². The van der Waals surface area contributed by atoms with Crippen LogP contribution in [-0.4, -0.2) is 36.3 Å². The van der Waals surface area contributed by atoms with Crippen LogP contribution in [0.2, 0.25) is 0 Å². The van der Waals surface area contributed by atoms with E-state index in [9.17, 15) is 0 Å². The van der Waals surface area contributed by atoms with Crippen LogP contribution in [0.5, 0.6) is 0 Å². The molecule has 0 radical (unpaired) electrons. The summed E-state index contributed by atoms with van der Waals surface area (Å²) in [6.45, 7) is 1.42. The molecule has 62 valence electrons. The van der Waals surface area contributed by atoms with E-state index in [1.807, 2.05) is 12.1 Å². The second-order valence-corrected chi connectivity index (χ2v) is 2.94. The first kappa shape index (κ1) is 12.9. The monoisotopic (exact) mass is 258 g/mol. The molecule has 1 aromatic rings. The molecular formula is C7H7BrMgO2S. The van der Waals surface area contributed by atoms with Crippen molar-refractivity contribution >= 4 is 34.4 Å². The van der Waals surface area contributed by atoms with Gasteiger partial charge in [-0.3, -0.25) is 11.3 Å². The van der Waals surface area contributed by atoms with Crippen molar-refractivity contribution in [3.63, 3.8) is 0 Å². The molecule has 0 saturated carbocycles. The number of rotatable bonds is 1. The van der Waals surface area contributed by atoms with E-state index in [1.54, 1.807) is 11.3 Å². The quantitative estimate of drug-likeness (QED) is 0.438. The third kappa shape index (κ3) is 2.97. The van der Waals surface area contributed by atoms with Crippen LogP contribution >= 0.6 is 11.3 Å². The van der Waals surface area contributed by atoms with Gasteiger partial charge in [0.2, 0.25) is 0 Å². The van der Waals surface area contributed by atoms with E-state index in [0.29, 0.717) is 13.2 Å². The molecule has 0 bridgehead atoms. The van der Waals surface area contributed by atoms with Crippen molar-refractivity contribution in [2.24, 2.45) is 0 Å². The van der Waals surface area contributed by atoms with Crippen LogP contribution in [0, 0.1) is 5.38 Å². The molecule has 12 heavy (non-hydrogen) atoms. The summed E-state index contributed by atoms with van der Waals surface area (Å²) < 4.78 is 10.5. The van der Waals surface area contributed by atoms with Crippen molar-refractivity contribution in [2.75, 3.05) is 13.2 Å². The van der Waals surface area contributed by atoms with Gasteiger partial charge in [-0.05, 0) is 0 Å². The van der Waals surface area contributed by atoms with Gasteiger partial charge in [-0.25, -0.2) is 0 Å². The van der Waals surface area contributed by atoms with E-state index >= 15 is 0 Å². The maximum absolute atomic E-state index is 5.27. The molecule has 0 aromatic carbocycles. The van der Waals surface area contributed by atoms with Crippen LogP contribution in [0.25, 0.3) is 0 Å². The smallest absolute Gasteiger partial charge is 1.00 e. The molecule has 0 unspecified atom stereocenters. The summed E-state index contributed by atoms with van der Waals surface area (Å²) in [6.07, 6.45) is -0.115. The Labute approximate surface area is 102 Å². The maximum Gasteiger partial charge on any atom is 2.00 e. The summed E-state index contributed by atoms with van der Waals surface area (Å²) in [5, 5.41) is 2.99. The summed E-state index contributed by atoms with van der Waals surface area (Å²) in [6, 6.07) is 3.85. The van der Waals surface area contributed by atoms with Crippen molar-refractivity contribution < 1.29 is 26.5 Å². The van der Waals surface area contributed by atoms with Gasteiger partial charge in [0.25, 0.3) is 0 Å². The molecule has 0 N–H and O–H groups in total. The van der Waals surface area contributed by atoms with Crippen LogP contribution < -0.4 is 17.0 Å². The standard InChI is InChI=1S/C7H7O2S.BrH.Mg/c1-2-6(10-5-1)7-8-3-4-9-7;;/h1-2,7H,3-4H2;1H;/q-1;;+2/p-1. The number of ether oxygens (including phenoxy) is 2. The van der Waals surface area contributed by atoms with E-state index in [-0.39, 0.29) is 46.3 Å². The number of hydrogen-bond donors (Lipinski definition) is 0. The van der Waals surface area contributed by atoms with Crippen molar-refractivity contribution in [3.8, 4) is 0 Å². The average molecular weight is 259 g/mol. The SMILES string of the molecule is [Br-].[Mg+2].[c-]1ccc(C2OCCO2)s1. The van der Waals surface area contributed by atoms with Crippen LogP contribution in [0.3, 0.4) is 0 Å². The van der Waals surface area contributed by atoms with Crippen molar-refractivity contribution in [1.82, 2.24) is 0 Å². The number of halogens is 1. The Hall–Kier alpha value is 0.866. The van der Waals surface area contributed by atoms with Gasteiger partial charge >= 0.3 is 23.1 Å². The Kier molecular flexibility index (Phi) is 6.80. The Morgan fingerprint density at radius 2 is 2.08 bits per heavy atom. The second kappa shape index (κ2) is 6.34. The van der Waals surface area contributed by atoms with Gasteiger partial charge in [-0.15, -0.1) is 5.38 Å². The van der Waals surface area contributed by atoms with E-state index in [1.165, 1.54) is 0 Å². The Morgan fingerprint density at radius 1 is 1.42 bits per heavy atom. The summed E-state index contributed by atoms with van der Waals surface area (Å²) in [4.78, 5) is 1.11. The molecule has 0 aliphatic carbocycles. The van der Waals surface area contributed by atoms with Gasteiger partial charge in [0, 0.05) is 0 Å². The Morgan fingerprint density at radius 3 is 2.58 bits per heavy atom. The Balaban J connectivity index is 0.000000605. The van der Waals surface area contributed by atoms with Gasteiger partial charge in [0.05, 0.1) is 13.2 Å². The Bertz CT molecular complexity index is 199. The van der Waals surface area contributed by atoms with Crippen LogP contribution in [0.1, 0.15) is 11.2 Å². The van der Waals surface area contributed by atoms with Crippen LogP contribution in [-0.2, 0) is 9.47 Å². The number of thiophene rings is 1. The molecule has 1 fully saturated rings. The van der Waals surface area contributed by atoms with Gasteiger partial charge in [-0.1, -0.05) is 4.88 Å². The fraction of sp³-hybridized carbons (Fsp3) is 0.429. The molecule has 0 amide bonds. The van der Waals surface area contributed by atoms with Gasteiger partial charge in [0.15, 0.2) is 0 Å². The predicted octanol–water partition coefficient (Wildman–Crippen LogP) is -1.78. The molecule has 2 rings (SSSR count). The van der Waals surface area contributed by atoms with Gasteiger partial charge in [0.1, 0.15) is 6.29 Å². The molecule has 1 aliphatic heterocycles. The van der Waals surface area contributed by atoms with Crippen molar-refractivity contribution in [2.45, 2.75) is 6.29 Å². The zero-order chi connectivity index (χ0) is 6.81. The van der Waals surface area contributed by atoms with E-state index < -0.39 is 0 Å². The molecule has 0 spiro atoms. The molecule has 5 heteroatoms. The normalized spacial score (nSPS) is 16.7. The minimum atomic E-state index is -0.115. The fourth-order valence-electron chi connectivity index (χ4n) is 0.902. The molecule has 1 aliphatic rings. The largest absolute Gasteiger partial charge is 2.00 e. The number of hydrogen-bond acceptors (Lipinski definition) is 3. The third-order valence-electron chi connectivity index (χ3n) is 1.35. The zero-order valence-electron chi connectivity index (χ0n) is 6.46. The van der Waals surface area contributed by atoms with Crippen LogP contribution in [0.4, 0.5) is 0 Å². The first-order valence-electron chi connectivity index (χ1n) is 3.16. The van der Waals surface area contributed by atoms with Crippen LogP contribution in [0.15, 0.2) is 12.1 Å². The first-order chi connectivity index (χ1) is 4.97. The molecule has 0 atom stereocenters. The second-order valence-electron chi connectivity index (χ2n) is 2.03. The molecular weight excluding hydrogens is 252 g/mol. The molecule has 2 nitrogen and oxygen atoms in total. The fourth-order valence-corrected chi connectivity index (χ4v) is 1.54. The topological polar surface area (TPSA) is 18.5 Å². The third-order valence-corrected chi connectivity index (χ3v) is 2.16. The van der Waals surface area contributed by atoms with E-state index in [4.69, 9.17) is 9.47 Å². The molecule has 1 aromatic heterocycles. The zero-order valence-corrected chi connectivity index (χ0v) is 10.3. The minimum Gasteiger partial charge on any atom is -1.00 e.